The Morgan fingerprint density at radius 1 is 1.29 bits per heavy atom. The molecule has 0 N–H and O–H groups in total. The summed E-state index contributed by atoms with van der Waals surface area (Å²) >= 11 is 6.18. The fourth-order valence-electron chi connectivity index (χ4n) is 2.81. The zero-order valence-electron chi connectivity index (χ0n) is 13.7. The van der Waals surface area contributed by atoms with Crippen molar-refractivity contribution in [1.82, 2.24) is 14.9 Å². The molecule has 128 valence electrons. The third kappa shape index (κ3) is 3.22. The predicted octanol–water partition coefficient (Wildman–Crippen LogP) is 1.92. The molecule has 0 bridgehead atoms. The molecule has 0 unspecified atom stereocenters. The van der Waals surface area contributed by atoms with Crippen LogP contribution in [0, 0.1) is 0 Å². The van der Waals surface area contributed by atoms with Crippen molar-refractivity contribution in [2.75, 3.05) is 27.8 Å². The van der Waals surface area contributed by atoms with Gasteiger partial charge in [0.05, 0.1) is 25.3 Å². The molecule has 1 aromatic heterocycles. The Labute approximate surface area is 144 Å². The van der Waals surface area contributed by atoms with Gasteiger partial charge in [-0.15, -0.1) is 0 Å². The number of halogens is 1. The van der Waals surface area contributed by atoms with Gasteiger partial charge in [-0.1, -0.05) is 11.6 Å². The molecule has 1 aromatic carbocycles. The van der Waals surface area contributed by atoms with Crippen molar-refractivity contribution in [3.8, 4) is 11.6 Å². The third-order valence-corrected chi connectivity index (χ3v) is 4.31. The van der Waals surface area contributed by atoms with Crippen molar-refractivity contribution >= 4 is 28.6 Å². The molecule has 24 heavy (non-hydrogen) atoms. The van der Waals surface area contributed by atoms with E-state index < -0.39 is 0 Å². The number of fused-ring (bicyclic) bond motifs is 1. The summed E-state index contributed by atoms with van der Waals surface area (Å²) in [6.45, 7) is 0.577. The smallest absolute Gasteiger partial charge is 0.323 e. The van der Waals surface area contributed by atoms with Crippen molar-refractivity contribution in [3.05, 3.63) is 23.4 Å². The molecule has 0 spiro atoms. The SMILES string of the molecule is COC(=O)[C@@H]1C[C@@H](Oc2nc3cc(OC)ccc3nc2Cl)CN1C. The van der Waals surface area contributed by atoms with Gasteiger partial charge < -0.3 is 14.2 Å². The molecule has 0 saturated carbocycles. The molecule has 0 amide bonds. The summed E-state index contributed by atoms with van der Waals surface area (Å²) in [4.78, 5) is 22.4. The lowest BCUT2D eigenvalue weighted by Crippen LogP contribution is -2.33. The van der Waals surface area contributed by atoms with E-state index in [1.807, 2.05) is 11.9 Å². The monoisotopic (exact) mass is 351 g/mol. The standard InChI is InChI=1S/C16H18ClN3O4/c1-20-8-10(7-13(20)16(21)23-3)24-15-14(17)18-11-5-4-9(22-2)6-12(11)19-15/h4-6,10,13H,7-8H2,1-3H3/t10-,13+/m1/s1. The number of benzene rings is 1. The Morgan fingerprint density at radius 3 is 2.79 bits per heavy atom. The Hall–Kier alpha value is -2.12. The number of methoxy groups -OCH3 is 2. The molecule has 2 heterocycles. The summed E-state index contributed by atoms with van der Waals surface area (Å²) < 4.78 is 15.9. The molecule has 0 aliphatic carbocycles. The minimum atomic E-state index is -0.327. The molecule has 1 saturated heterocycles. The minimum Gasteiger partial charge on any atom is -0.497 e. The molecule has 1 aliphatic heterocycles. The highest BCUT2D eigenvalue weighted by atomic mass is 35.5. The molecular weight excluding hydrogens is 334 g/mol. The van der Waals surface area contributed by atoms with Crippen LogP contribution in [0.4, 0.5) is 0 Å². The van der Waals surface area contributed by atoms with Gasteiger partial charge >= 0.3 is 5.97 Å². The zero-order chi connectivity index (χ0) is 17.3. The maximum atomic E-state index is 11.7. The number of hydrogen-bond acceptors (Lipinski definition) is 7. The highest BCUT2D eigenvalue weighted by Gasteiger charge is 2.37. The van der Waals surface area contributed by atoms with E-state index in [1.54, 1.807) is 25.3 Å². The highest BCUT2D eigenvalue weighted by Crippen LogP contribution is 2.29. The van der Waals surface area contributed by atoms with Gasteiger partial charge in [0.2, 0.25) is 0 Å². The van der Waals surface area contributed by atoms with Crippen molar-refractivity contribution in [2.45, 2.75) is 18.6 Å². The number of esters is 1. The molecule has 1 aliphatic rings. The molecular formula is C16H18ClN3O4. The number of likely N-dealkylation sites (tertiary alicyclic amines) is 1. The first-order valence-electron chi connectivity index (χ1n) is 7.48. The van der Waals surface area contributed by atoms with Gasteiger partial charge in [0.25, 0.3) is 5.88 Å². The van der Waals surface area contributed by atoms with Gasteiger partial charge in [-0.2, -0.15) is 0 Å². The number of carbonyl (C=O) groups is 1. The van der Waals surface area contributed by atoms with Crippen LogP contribution in [-0.2, 0) is 9.53 Å². The van der Waals surface area contributed by atoms with Crippen LogP contribution in [0.3, 0.4) is 0 Å². The van der Waals surface area contributed by atoms with E-state index in [1.165, 1.54) is 7.11 Å². The lowest BCUT2D eigenvalue weighted by atomic mass is 10.2. The molecule has 7 nitrogen and oxygen atoms in total. The fourth-order valence-corrected chi connectivity index (χ4v) is 2.98. The Kier molecular flexibility index (Phi) is 4.73. The summed E-state index contributed by atoms with van der Waals surface area (Å²) in [5, 5.41) is 0.192. The van der Waals surface area contributed by atoms with Crippen molar-refractivity contribution in [3.63, 3.8) is 0 Å². The van der Waals surface area contributed by atoms with E-state index in [2.05, 4.69) is 9.97 Å². The number of carbonyl (C=O) groups excluding carboxylic acids is 1. The molecule has 3 rings (SSSR count). The Morgan fingerprint density at radius 2 is 2.08 bits per heavy atom. The van der Waals surface area contributed by atoms with E-state index in [-0.39, 0.29) is 29.1 Å². The number of aromatic nitrogens is 2. The van der Waals surface area contributed by atoms with Gasteiger partial charge in [0.15, 0.2) is 5.15 Å². The molecule has 1 fully saturated rings. The van der Waals surface area contributed by atoms with E-state index >= 15 is 0 Å². The largest absolute Gasteiger partial charge is 0.497 e. The van der Waals surface area contributed by atoms with Crippen molar-refractivity contribution < 1.29 is 19.0 Å². The molecule has 2 atom stereocenters. The maximum absolute atomic E-state index is 11.7. The summed E-state index contributed by atoms with van der Waals surface area (Å²) in [6.07, 6.45) is 0.297. The maximum Gasteiger partial charge on any atom is 0.323 e. The molecule has 8 heteroatoms. The average molecular weight is 352 g/mol. The van der Waals surface area contributed by atoms with Crippen LogP contribution >= 0.6 is 11.6 Å². The lowest BCUT2D eigenvalue weighted by molar-refractivity contribution is -0.145. The fraction of sp³-hybridized carbons (Fsp3) is 0.438. The van der Waals surface area contributed by atoms with Crippen LogP contribution in [0.25, 0.3) is 11.0 Å². The third-order valence-electron chi connectivity index (χ3n) is 4.06. The van der Waals surface area contributed by atoms with Gasteiger partial charge in [0.1, 0.15) is 17.9 Å². The van der Waals surface area contributed by atoms with Crippen molar-refractivity contribution in [2.24, 2.45) is 0 Å². The topological polar surface area (TPSA) is 73.8 Å². The summed E-state index contributed by atoms with van der Waals surface area (Å²) in [5.41, 5.74) is 1.29. The second-order valence-corrected chi connectivity index (χ2v) is 5.99. The zero-order valence-corrected chi connectivity index (χ0v) is 14.4. The van der Waals surface area contributed by atoms with Crippen molar-refractivity contribution in [1.29, 1.82) is 0 Å². The highest BCUT2D eigenvalue weighted by molar-refractivity contribution is 6.31. The molecule has 0 radical (unpaired) electrons. The first-order valence-corrected chi connectivity index (χ1v) is 7.85. The average Bonchev–Trinajstić information content (AvgIpc) is 2.94. The lowest BCUT2D eigenvalue weighted by Gasteiger charge is -2.15. The summed E-state index contributed by atoms with van der Waals surface area (Å²) in [5.74, 6) is 0.654. The second-order valence-electron chi connectivity index (χ2n) is 5.63. The molecule has 2 aromatic rings. The van der Waals surface area contributed by atoms with Crippen LogP contribution in [0.5, 0.6) is 11.6 Å². The minimum absolute atomic E-state index is 0.192. The summed E-state index contributed by atoms with van der Waals surface area (Å²) in [6, 6.07) is 5.02. The van der Waals surface area contributed by atoms with Crippen LogP contribution in [0.1, 0.15) is 6.42 Å². The quantitative estimate of drug-likeness (QED) is 0.779. The van der Waals surface area contributed by atoms with Gasteiger partial charge in [-0.05, 0) is 19.2 Å². The number of likely N-dealkylation sites (N-methyl/N-ethyl adjacent to an activating group) is 1. The Balaban J connectivity index is 1.82. The van der Waals surface area contributed by atoms with E-state index in [0.717, 1.165) is 0 Å². The number of ether oxygens (including phenoxy) is 3. The van der Waals surface area contributed by atoms with E-state index in [0.29, 0.717) is 29.7 Å². The van der Waals surface area contributed by atoms with Gasteiger partial charge in [0, 0.05) is 19.0 Å². The van der Waals surface area contributed by atoms with Crippen LogP contribution in [0.15, 0.2) is 18.2 Å². The summed E-state index contributed by atoms with van der Waals surface area (Å²) in [7, 11) is 4.82. The number of nitrogens with zero attached hydrogens (tertiary/aromatic N) is 3. The van der Waals surface area contributed by atoms with Crippen LogP contribution < -0.4 is 9.47 Å². The van der Waals surface area contributed by atoms with Crippen LogP contribution in [-0.4, -0.2) is 60.8 Å². The Bertz CT molecular complexity index is 770. The van der Waals surface area contributed by atoms with Crippen LogP contribution in [0.2, 0.25) is 5.15 Å². The van der Waals surface area contributed by atoms with Gasteiger partial charge in [-0.25, -0.2) is 9.97 Å². The second kappa shape index (κ2) is 6.78. The van der Waals surface area contributed by atoms with E-state index in [9.17, 15) is 4.79 Å². The predicted molar refractivity (Wildman–Crippen MR) is 88.6 cm³/mol. The number of hydrogen-bond donors (Lipinski definition) is 0. The number of rotatable bonds is 4. The first kappa shape index (κ1) is 16.7. The van der Waals surface area contributed by atoms with Gasteiger partial charge in [-0.3, -0.25) is 9.69 Å². The normalized spacial score (nSPS) is 21.0. The first-order chi connectivity index (χ1) is 11.5. The van der Waals surface area contributed by atoms with E-state index in [4.69, 9.17) is 25.8 Å².